The molecule has 0 saturated carbocycles. The van der Waals surface area contributed by atoms with E-state index in [9.17, 15) is 19.2 Å². The van der Waals surface area contributed by atoms with Crippen LogP contribution in [-0.4, -0.2) is 45.6 Å². The lowest BCUT2D eigenvalue weighted by molar-refractivity contribution is -0.325. The van der Waals surface area contributed by atoms with Crippen molar-refractivity contribution in [2.24, 2.45) is 5.41 Å². The summed E-state index contributed by atoms with van der Waals surface area (Å²) in [6.45, 7) is 12.1. The molecular formula is C30H38O12. The first-order valence-electron chi connectivity index (χ1n) is 12.8. The number of benzene rings is 2. The Bertz CT molecular complexity index is 1130. The molecule has 2 aromatic carbocycles. The van der Waals surface area contributed by atoms with Gasteiger partial charge in [-0.25, -0.2) is 19.2 Å². The molecule has 0 spiro atoms. The molecule has 12 heteroatoms. The molecule has 0 heterocycles. The largest absolute Gasteiger partial charge is 0.373 e. The van der Waals surface area contributed by atoms with Crippen LogP contribution >= 0.6 is 0 Å². The number of rotatable bonds is 11. The van der Waals surface area contributed by atoms with Crippen molar-refractivity contribution in [3.05, 3.63) is 83.4 Å². The maximum absolute atomic E-state index is 12.0. The molecule has 0 bridgehead atoms. The maximum Gasteiger partial charge on any atom is 0.373 e. The number of carbonyl (C=O) groups is 4. The van der Waals surface area contributed by atoms with Gasteiger partial charge in [-0.15, -0.1) is 0 Å². The van der Waals surface area contributed by atoms with E-state index >= 15 is 0 Å². The monoisotopic (exact) mass is 590 g/mol. The van der Waals surface area contributed by atoms with Crippen LogP contribution in [0.4, 0.5) is 0 Å². The Morgan fingerprint density at radius 1 is 0.643 bits per heavy atom. The Balaban J connectivity index is 0.000000532. The van der Waals surface area contributed by atoms with E-state index in [2.05, 4.69) is 9.78 Å². The van der Waals surface area contributed by atoms with Gasteiger partial charge in [0.15, 0.2) is 0 Å². The van der Waals surface area contributed by atoms with Gasteiger partial charge in [0.25, 0.3) is 0 Å². The molecule has 0 unspecified atom stereocenters. The fraction of sp³-hybridized carbons (Fsp3) is 0.400. The van der Waals surface area contributed by atoms with Crippen LogP contribution in [0.25, 0.3) is 0 Å². The highest BCUT2D eigenvalue weighted by atomic mass is 17.2. The van der Waals surface area contributed by atoms with E-state index in [1.165, 1.54) is 0 Å². The van der Waals surface area contributed by atoms with E-state index in [0.717, 1.165) is 6.08 Å². The van der Waals surface area contributed by atoms with Gasteiger partial charge in [0.05, 0.1) is 16.7 Å². The van der Waals surface area contributed by atoms with Crippen LogP contribution in [-0.2, 0) is 38.9 Å². The highest BCUT2D eigenvalue weighted by molar-refractivity contribution is 5.96. The predicted octanol–water partition coefficient (Wildman–Crippen LogP) is 5.89. The van der Waals surface area contributed by atoms with Crippen molar-refractivity contribution >= 4 is 23.9 Å². The lowest BCUT2D eigenvalue weighted by Gasteiger charge is -2.28. The van der Waals surface area contributed by atoms with E-state index < -0.39 is 40.5 Å². The second-order valence-electron chi connectivity index (χ2n) is 11.3. The summed E-state index contributed by atoms with van der Waals surface area (Å²) in [5.41, 5.74) is -1.49. The molecule has 230 valence electrons. The summed E-state index contributed by atoms with van der Waals surface area (Å²) in [6.07, 6.45) is 1.76. The summed E-state index contributed by atoms with van der Waals surface area (Å²) in [6, 6.07) is 17.2. The predicted molar refractivity (Wildman–Crippen MR) is 148 cm³/mol. The third-order valence-corrected chi connectivity index (χ3v) is 5.50. The molecule has 0 atom stereocenters. The molecular weight excluding hydrogens is 552 g/mol. The van der Waals surface area contributed by atoms with Gasteiger partial charge in [0, 0.05) is 6.08 Å². The summed E-state index contributed by atoms with van der Waals surface area (Å²) in [5, 5.41) is 16.1. The molecule has 0 radical (unpaired) electrons. The third kappa shape index (κ3) is 13.5. The maximum atomic E-state index is 12.0. The number of hydrogen-bond donors (Lipinski definition) is 2. The highest BCUT2D eigenvalue weighted by Crippen LogP contribution is 2.27. The van der Waals surface area contributed by atoms with Crippen molar-refractivity contribution in [2.75, 3.05) is 0 Å². The van der Waals surface area contributed by atoms with Crippen molar-refractivity contribution in [1.29, 1.82) is 0 Å². The second-order valence-corrected chi connectivity index (χ2v) is 11.3. The molecule has 2 aromatic rings. The normalized spacial score (nSPS) is 11.9. The first kappa shape index (κ1) is 35.9. The Morgan fingerprint density at radius 3 is 1.33 bits per heavy atom. The Morgan fingerprint density at radius 2 is 1.02 bits per heavy atom. The standard InChI is InChI=1S/C22H26O6.C8H12O6/c1-21(2,27-25-19(23)17-11-7-5-8-12-17)15-16-22(3,4)28-26-20(24)18-13-9-6-10-14-18;1-8(2,3)5(7(10)14-12)4-6(9)13-11/h5-14H,15-16H2,1-4H3;4,11-12H,1-3H3/b;5-4+. The number of carbonyl (C=O) groups excluding carboxylic acids is 4. The number of hydrogen-bond acceptors (Lipinski definition) is 12. The smallest absolute Gasteiger partial charge is 0.296 e. The molecule has 0 fully saturated rings. The van der Waals surface area contributed by atoms with Crippen molar-refractivity contribution in [2.45, 2.75) is 72.5 Å². The van der Waals surface area contributed by atoms with E-state index in [1.54, 1.807) is 97.0 Å². The Kier molecular flexibility index (Phi) is 14.0. The lowest BCUT2D eigenvalue weighted by Crippen LogP contribution is -2.32. The molecule has 0 amide bonds. The van der Waals surface area contributed by atoms with E-state index in [0.29, 0.717) is 24.0 Å². The molecule has 0 saturated heterocycles. The van der Waals surface area contributed by atoms with Crippen LogP contribution < -0.4 is 0 Å². The van der Waals surface area contributed by atoms with E-state index in [1.807, 2.05) is 12.1 Å². The summed E-state index contributed by atoms with van der Waals surface area (Å²) >= 11 is 0. The van der Waals surface area contributed by atoms with Crippen molar-refractivity contribution in [1.82, 2.24) is 0 Å². The molecule has 12 nitrogen and oxygen atoms in total. The van der Waals surface area contributed by atoms with Crippen molar-refractivity contribution in [3.63, 3.8) is 0 Å². The minimum Gasteiger partial charge on any atom is -0.296 e. The van der Waals surface area contributed by atoms with Gasteiger partial charge in [0.1, 0.15) is 11.2 Å². The zero-order chi connectivity index (χ0) is 32.0. The van der Waals surface area contributed by atoms with Gasteiger partial charge in [0.2, 0.25) is 0 Å². The zero-order valence-corrected chi connectivity index (χ0v) is 24.7. The van der Waals surface area contributed by atoms with Crippen LogP contribution in [0, 0.1) is 5.41 Å². The average molecular weight is 591 g/mol. The second kappa shape index (κ2) is 16.4. The summed E-state index contributed by atoms with van der Waals surface area (Å²) in [4.78, 5) is 73.0. The van der Waals surface area contributed by atoms with Gasteiger partial charge in [-0.2, -0.15) is 20.3 Å². The summed E-state index contributed by atoms with van der Waals surface area (Å²) in [5.74, 6) is -3.29. The molecule has 0 aromatic heterocycles. The van der Waals surface area contributed by atoms with Gasteiger partial charge in [-0.3, -0.25) is 19.6 Å². The molecule has 2 N–H and O–H groups in total. The van der Waals surface area contributed by atoms with Crippen LogP contribution in [0.5, 0.6) is 0 Å². The lowest BCUT2D eigenvalue weighted by atomic mass is 9.86. The fourth-order valence-electron chi connectivity index (χ4n) is 3.01. The van der Waals surface area contributed by atoms with Crippen LogP contribution in [0.2, 0.25) is 0 Å². The minimum atomic E-state index is -1.11. The van der Waals surface area contributed by atoms with E-state index in [-0.39, 0.29) is 5.57 Å². The Labute approximate surface area is 244 Å². The molecule has 0 aliphatic rings. The Hall–Kier alpha value is -4.10. The van der Waals surface area contributed by atoms with E-state index in [4.69, 9.17) is 30.1 Å². The van der Waals surface area contributed by atoms with Crippen LogP contribution in [0.1, 0.15) is 82.0 Å². The van der Waals surface area contributed by atoms with Gasteiger partial charge >= 0.3 is 23.9 Å². The topological polar surface area (TPSA) is 164 Å². The first-order chi connectivity index (χ1) is 19.5. The van der Waals surface area contributed by atoms with Gasteiger partial charge in [-0.05, 0) is 70.2 Å². The van der Waals surface area contributed by atoms with Crippen LogP contribution in [0.15, 0.2) is 72.3 Å². The van der Waals surface area contributed by atoms with Gasteiger partial charge in [-0.1, -0.05) is 57.2 Å². The zero-order valence-electron chi connectivity index (χ0n) is 24.7. The SMILES string of the molecule is CC(C)(C)/C(=C/C(=O)OO)C(=O)OO.CC(C)(CCC(C)(C)OOC(=O)c1ccccc1)OOC(=O)c1ccccc1. The van der Waals surface area contributed by atoms with Crippen LogP contribution in [0.3, 0.4) is 0 Å². The highest BCUT2D eigenvalue weighted by Gasteiger charge is 2.30. The van der Waals surface area contributed by atoms with Crippen molar-refractivity contribution in [3.8, 4) is 0 Å². The molecule has 0 aliphatic carbocycles. The average Bonchev–Trinajstić information content (AvgIpc) is 2.96. The first-order valence-corrected chi connectivity index (χ1v) is 12.8. The van der Waals surface area contributed by atoms with Crippen molar-refractivity contribution < 1.29 is 59.0 Å². The quantitative estimate of drug-likeness (QED) is 0.181. The molecule has 0 aliphatic heterocycles. The van der Waals surface area contributed by atoms with Gasteiger partial charge < -0.3 is 0 Å². The minimum absolute atomic E-state index is 0.112. The molecule has 2 rings (SSSR count). The molecule has 42 heavy (non-hydrogen) atoms. The fourth-order valence-corrected chi connectivity index (χ4v) is 3.01. The third-order valence-electron chi connectivity index (χ3n) is 5.50. The summed E-state index contributed by atoms with van der Waals surface area (Å²) in [7, 11) is 0. The summed E-state index contributed by atoms with van der Waals surface area (Å²) < 4.78 is 0.